The van der Waals surface area contributed by atoms with E-state index in [0.717, 1.165) is 17.1 Å². The van der Waals surface area contributed by atoms with Crippen molar-refractivity contribution in [1.29, 1.82) is 0 Å². The summed E-state index contributed by atoms with van der Waals surface area (Å²) >= 11 is 0. The molecule has 0 saturated heterocycles. The van der Waals surface area contributed by atoms with Crippen molar-refractivity contribution in [3.63, 3.8) is 0 Å². The molecule has 0 saturated carbocycles. The number of rotatable bonds is 4. The van der Waals surface area contributed by atoms with Crippen LogP contribution in [-0.4, -0.2) is 51.1 Å². The molecule has 0 amide bonds. The van der Waals surface area contributed by atoms with E-state index in [1.54, 1.807) is 12.5 Å². The van der Waals surface area contributed by atoms with E-state index in [2.05, 4.69) is 15.0 Å². The van der Waals surface area contributed by atoms with Gasteiger partial charge in [-0.3, -0.25) is 4.98 Å². The maximum Gasteiger partial charge on any atom is 0.232 e. The molecule has 1 atom stereocenters. The predicted molar refractivity (Wildman–Crippen MR) is 83.4 cm³/mol. The summed E-state index contributed by atoms with van der Waals surface area (Å²) in [4.78, 5) is 12.5. The Morgan fingerprint density at radius 1 is 1.39 bits per heavy atom. The van der Waals surface area contributed by atoms with Crippen LogP contribution in [0.25, 0.3) is 0 Å². The van der Waals surface area contributed by atoms with Crippen LogP contribution < -0.4 is 4.74 Å². The van der Waals surface area contributed by atoms with Gasteiger partial charge in [0.15, 0.2) is 0 Å². The quantitative estimate of drug-likeness (QED) is 0.796. The molecule has 0 N–H and O–H groups in total. The van der Waals surface area contributed by atoms with Crippen LogP contribution in [-0.2, 0) is 30.0 Å². The summed E-state index contributed by atoms with van der Waals surface area (Å²) in [5.41, 5.74) is 2.58. The zero-order valence-electron chi connectivity index (χ0n) is 13.3. The zero-order valence-corrected chi connectivity index (χ0v) is 14.1. The summed E-state index contributed by atoms with van der Waals surface area (Å²) in [6.07, 6.45) is 6.63. The Hall–Kier alpha value is -2.00. The molecule has 2 aromatic rings. The molecule has 0 bridgehead atoms. The Labute approximate surface area is 135 Å². The average Bonchev–Trinajstić information content (AvgIpc) is 2.84. The van der Waals surface area contributed by atoms with Crippen LogP contribution in [0.4, 0.5) is 0 Å². The molecule has 0 fully saturated rings. The molecule has 1 aliphatic heterocycles. The first-order valence-electron chi connectivity index (χ1n) is 7.22. The van der Waals surface area contributed by atoms with Crippen molar-refractivity contribution in [1.82, 2.24) is 23.8 Å². The lowest BCUT2D eigenvalue weighted by atomic mass is 10.1. The van der Waals surface area contributed by atoms with E-state index in [-0.39, 0.29) is 19.2 Å². The third-order valence-corrected chi connectivity index (χ3v) is 5.15. The first-order valence-corrected chi connectivity index (χ1v) is 9.07. The largest absolute Gasteiger partial charge is 0.475 e. The maximum atomic E-state index is 12.1. The van der Waals surface area contributed by atoms with Gasteiger partial charge in [0.25, 0.3) is 0 Å². The topological polar surface area (TPSA) is 90.2 Å². The summed E-state index contributed by atoms with van der Waals surface area (Å²) in [6.45, 7) is 2.31. The molecule has 1 aliphatic rings. The molecule has 3 heterocycles. The number of fused-ring (bicyclic) bond motifs is 1. The highest BCUT2D eigenvalue weighted by Gasteiger charge is 2.34. The van der Waals surface area contributed by atoms with Gasteiger partial charge in [0.05, 0.1) is 42.8 Å². The second kappa shape index (κ2) is 5.89. The van der Waals surface area contributed by atoms with E-state index < -0.39 is 10.0 Å². The lowest BCUT2D eigenvalue weighted by Gasteiger charge is -2.33. The highest BCUT2D eigenvalue weighted by atomic mass is 32.2. The molecule has 124 valence electrons. The lowest BCUT2D eigenvalue weighted by Crippen LogP contribution is -2.47. The van der Waals surface area contributed by atoms with Crippen LogP contribution in [0.5, 0.6) is 5.88 Å². The van der Waals surface area contributed by atoms with E-state index in [1.807, 2.05) is 18.5 Å². The minimum absolute atomic E-state index is 0.218. The third-order valence-electron chi connectivity index (χ3n) is 3.87. The van der Waals surface area contributed by atoms with Crippen LogP contribution in [0.15, 0.2) is 18.7 Å². The molecule has 3 rings (SSSR count). The second-order valence-electron chi connectivity index (χ2n) is 5.72. The summed E-state index contributed by atoms with van der Waals surface area (Å²) in [7, 11) is -1.44. The van der Waals surface area contributed by atoms with Crippen molar-refractivity contribution in [2.45, 2.75) is 25.9 Å². The van der Waals surface area contributed by atoms with Gasteiger partial charge in [-0.15, -0.1) is 0 Å². The number of hydrogen-bond donors (Lipinski definition) is 0. The number of ether oxygens (including phenoxy) is 1. The molecule has 23 heavy (non-hydrogen) atoms. The molecular formula is C14H19N5O3S. The van der Waals surface area contributed by atoms with E-state index in [4.69, 9.17) is 4.74 Å². The van der Waals surface area contributed by atoms with Crippen LogP contribution in [0, 0.1) is 6.92 Å². The summed E-state index contributed by atoms with van der Waals surface area (Å²) in [6, 6.07) is -0.296. The molecule has 0 aromatic carbocycles. The van der Waals surface area contributed by atoms with Gasteiger partial charge in [-0.05, 0) is 6.92 Å². The Kier molecular flexibility index (Phi) is 4.07. The smallest absolute Gasteiger partial charge is 0.232 e. The van der Waals surface area contributed by atoms with Crippen LogP contribution in [0.1, 0.15) is 17.1 Å². The first-order chi connectivity index (χ1) is 10.8. The van der Waals surface area contributed by atoms with Crippen LogP contribution in [0.2, 0.25) is 0 Å². The Bertz CT molecular complexity index is 818. The number of nitrogens with zero attached hydrogens (tertiary/aromatic N) is 5. The fourth-order valence-electron chi connectivity index (χ4n) is 2.72. The van der Waals surface area contributed by atoms with Gasteiger partial charge in [-0.2, -0.15) is 4.31 Å². The van der Waals surface area contributed by atoms with Crippen molar-refractivity contribution >= 4 is 10.0 Å². The van der Waals surface area contributed by atoms with Gasteiger partial charge in [0.1, 0.15) is 6.61 Å². The average molecular weight is 337 g/mol. The Morgan fingerprint density at radius 2 is 2.17 bits per heavy atom. The van der Waals surface area contributed by atoms with Crippen molar-refractivity contribution in [3.05, 3.63) is 35.8 Å². The molecule has 8 nitrogen and oxygen atoms in total. The second-order valence-corrected chi connectivity index (χ2v) is 7.66. The summed E-state index contributed by atoms with van der Waals surface area (Å²) < 4.78 is 33.2. The van der Waals surface area contributed by atoms with Gasteiger partial charge >= 0.3 is 0 Å². The molecule has 9 heteroatoms. The molecule has 0 aliphatic carbocycles. The van der Waals surface area contributed by atoms with Crippen molar-refractivity contribution < 1.29 is 13.2 Å². The first kappa shape index (κ1) is 15.9. The molecule has 0 radical (unpaired) electrons. The van der Waals surface area contributed by atoms with E-state index in [9.17, 15) is 8.42 Å². The standard InChI is InChI=1S/C14H19N5O3S/c1-10-5-15-6-14(17-10)22-8-11-4-13-12(16-9-18(13)2)7-19(11)23(3,20)21/h5-6,9,11H,4,7-8H2,1-3H3. The molecule has 2 aromatic heterocycles. The minimum atomic E-state index is -3.35. The normalized spacial score (nSPS) is 18.7. The summed E-state index contributed by atoms with van der Waals surface area (Å²) in [5.74, 6) is 0.397. The number of aryl methyl sites for hydroxylation is 2. The van der Waals surface area contributed by atoms with E-state index >= 15 is 0 Å². The number of hydrogen-bond acceptors (Lipinski definition) is 6. The fourth-order valence-corrected chi connectivity index (χ4v) is 3.76. The van der Waals surface area contributed by atoms with Crippen LogP contribution in [0.3, 0.4) is 0 Å². The molecule has 1 unspecified atom stereocenters. The summed E-state index contributed by atoms with van der Waals surface area (Å²) in [5, 5.41) is 0. The predicted octanol–water partition coefficient (Wildman–Crippen LogP) is 0.284. The van der Waals surface area contributed by atoms with Gasteiger partial charge in [0.2, 0.25) is 15.9 Å². The van der Waals surface area contributed by atoms with E-state index in [0.29, 0.717) is 12.3 Å². The highest BCUT2D eigenvalue weighted by Crippen LogP contribution is 2.24. The number of imidazole rings is 1. The monoisotopic (exact) mass is 337 g/mol. The van der Waals surface area contributed by atoms with Gasteiger partial charge < -0.3 is 9.30 Å². The minimum Gasteiger partial charge on any atom is -0.475 e. The molecule has 0 spiro atoms. The van der Waals surface area contributed by atoms with Gasteiger partial charge in [-0.1, -0.05) is 0 Å². The Morgan fingerprint density at radius 3 is 2.87 bits per heavy atom. The van der Waals surface area contributed by atoms with E-state index in [1.165, 1.54) is 16.8 Å². The fraction of sp³-hybridized carbons (Fsp3) is 0.500. The van der Waals surface area contributed by atoms with Crippen LogP contribution >= 0.6 is 0 Å². The number of aromatic nitrogens is 4. The maximum absolute atomic E-state index is 12.1. The zero-order chi connectivity index (χ0) is 16.6. The molecular weight excluding hydrogens is 318 g/mol. The van der Waals surface area contributed by atoms with Crippen molar-refractivity contribution in [3.8, 4) is 5.88 Å². The highest BCUT2D eigenvalue weighted by molar-refractivity contribution is 7.88. The SMILES string of the molecule is Cc1cncc(OCC2Cc3c(ncn3C)CN2S(C)(=O)=O)n1. The Balaban J connectivity index is 1.82. The third kappa shape index (κ3) is 3.35. The van der Waals surface area contributed by atoms with Gasteiger partial charge in [-0.25, -0.2) is 18.4 Å². The van der Waals surface area contributed by atoms with Crippen molar-refractivity contribution in [2.75, 3.05) is 12.9 Å². The lowest BCUT2D eigenvalue weighted by molar-refractivity contribution is 0.181. The van der Waals surface area contributed by atoms with Crippen molar-refractivity contribution in [2.24, 2.45) is 7.05 Å². The van der Waals surface area contributed by atoms with Gasteiger partial charge in [0, 0.05) is 25.4 Å². The number of sulfonamides is 1.